The Bertz CT molecular complexity index is 683. The Hall–Kier alpha value is -1.87. The van der Waals surface area contributed by atoms with Crippen LogP contribution in [0, 0.1) is 0 Å². The van der Waals surface area contributed by atoms with Gasteiger partial charge in [0.05, 0.1) is 5.69 Å². The smallest absolute Gasteiger partial charge is 0.187 e. The van der Waals surface area contributed by atoms with Crippen LogP contribution in [-0.2, 0) is 6.42 Å². The van der Waals surface area contributed by atoms with Crippen molar-refractivity contribution in [1.82, 2.24) is 4.98 Å². The van der Waals surface area contributed by atoms with E-state index in [1.54, 1.807) is 11.3 Å². The molecular formula is C16H16N2S. The summed E-state index contributed by atoms with van der Waals surface area (Å²) in [6.07, 6.45) is 2.19. The maximum absolute atomic E-state index is 4.61. The minimum absolute atomic E-state index is 0.972. The Morgan fingerprint density at radius 3 is 2.84 bits per heavy atom. The molecule has 3 heteroatoms. The zero-order valence-corrected chi connectivity index (χ0v) is 11.7. The van der Waals surface area contributed by atoms with E-state index in [0.717, 1.165) is 23.7 Å². The lowest BCUT2D eigenvalue weighted by atomic mass is 10.1. The zero-order valence-electron chi connectivity index (χ0n) is 10.9. The summed E-state index contributed by atoms with van der Waals surface area (Å²) in [5, 5.41) is 9.02. The van der Waals surface area contributed by atoms with E-state index in [9.17, 15) is 0 Å². The quantitative estimate of drug-likeness (QED) is 0.721. The van der Waals surface area contributed by atoms with Gasteiger partial charge in [-0.2, -0.15) is 0 Å². The standard InChI is InChI=1S/C16H16N2S/c1-2-6-13-11-19-16(17-13)18-15-10-5-8-12-7-3-4-9-14(12)15/h3-5,7-11H,2,6H2,1H3,(H,17,18). The predicted molar refractivity (Wildman–Crippen MR) is 83.3 cm³/mol. The van der Waals surface area contributed by atoms with Crippen LogP contribution in [0.2, 0.25) is 0 Å². The van der Waals surface area contributed by atoms with Crippen molar-refractivity contribution in [3.05, 3.63) is 53.5 Å². The first-order chi connectivity index (χ1) is 9.36. The van der Waals surface area contributed by atoms with Gasteiger partial charge in [0.15, 0.2) is 5.13 Å². The number of nitrogens with zero attached hydrogens (tertiary/aromatic N) is 1. The second-order valence-electron chi connectivity index (χ2n) is 4.55. The Kier molecular flexibility index (Phi) is 3.47. The molecule has 96 valence electrons. The van der Waals surface area contributed by atoms with E-state index >= 15 is 0 Å². The molecule has 2 aromatic carbocycles. The molecule has 19 heavy (non-hydrogen) atoms. The van der Waals surface area contributed by atoms with E-state index in [1.165, 1.54) is 16.5 Å². The molecule has 3 aromatic rings. The lowest BCUT2D eigenvalue weighted by Crippen LogP contribution is -1.91. The second kappa shape index (κ2) is 5.41. The van der Waals surface area contributed by atoms with E-state index in [2.05, 4.69) is 65.1 Å². The summed E-state index contributed by atoms with van der Waals surface area (Å²) in [5.74, 6) is 0. The molecule has 0 bridgehead atoms. The fraction of sp³-hybridized carbons (Fsp3) is 0.188. The number of hydrogen-bond acceptors (Lipinski definition) is 3. The summed E-state index contributed by atoms with van der Waals surface area (Å²) in [4.78, 5) is 4.61. The molecule has 0 unspecified atom stereocenters. The van der Waals surface area contributed by atoms with E-state index in [4.69, 9.17) is 0 Å². The van der Waals surface area contributed by atoms with Crippen molar-refractivity contribution in [1.29, 1.82) is 0 Å². The fourth-order valence-electron chi connectivity index (χ4n) is 2.18. The highest BCUT2D eigenvalue weighted by molar-refractivity contribution is 7.13. The summed E-state index contributed by atoms with van der Waals surface area (Å²) in [5.41, 5.74) is 2.30. The van der Waals surface area contributed by atoms with Crippen molar-refractivity contribution in [2.45, 2.75) is 19.8 Å². The maximum Gasteiger partial charge on any atom is 0.187 e. The van der Waals surface area contributed by atoms with Crippen LogP contribution < -0.4 is 5.32 Å². The average Bonchev–Trinajstić information content (AvgIpc) is 2.87. The van der Waals surface area contributed by atoms with Gasteiger partial charge in [-0.25, -0.2) is 4.98 Å². The highest BCUT2D eigenvalue weighted by atomic mass is 32.1. The monoisotopic (exact) mass is 268 g/mol. The number of nitrogens with one attached hydrogen (secondary N) is 1. The van der Waals surface area contributed by atoms with Gasteiger partial charge < -0.3 is 5.32 Å². The Balaban J connectivity index is 1.92. The predicted octanol–water partition coefficient (Wildman–Crippen LogP) is 4.99. The summed E-state index contributed by atoms with van der Waals surface area (Å²) in [6, 6.07) is 14.7. The van der Waals surface area contributed by atoms with Crippen molar-refractivity contribution in [3.8, 4) is 0 Å². The SMILES string of the molecule is CCCc1csc(Nc2cccc3ccccc23)n1. The number of fused-ring (bicyclic) bond motifs is 1. The average molecular weight is 268 g/mol. The van der Waals surface area contributed by atoms with Gasteiger partial charge in [-0.1, -0.05) is 49.7 Å². The number of thiazole rings is 1. The van der Waals surface area contributed by atoms with E-state index in [1.807, 2.05) is 0 Å². The van der Waals surface area contributed by atoms with Crippen LogP contribution in [0.4, 0.5) is 10.8 Å². The molecule has 0 aliphatic heterocycles. The highest BCUT2D eigenvalue weighted by Gasteiger charge is 2.04. The third kappa shape index (κ3) is 2.61. The van der Waals surface area contributed by atoms with Gasteiger partial charge in [-0.3, -0.25) is 0 Å². The van der Waals surface area contributed by atoms with Crippen molar-refractivity contribution >= 4 is 32.9 Å². The van der Waals surface area contributed by atoms with Gasteiger partial charge in [0.2, 0.25) is 0 Å². The number of anilines is 2. The molecule has 0 atom stereocenters. The van der Waals surface area contributed by atoms with Crippen LogP contribution in [0.3, 0.4) is 0 Å². The third-order valence-corrected chi connectivity index (χ3v) is 3.90. The van der Waals surface area contributed by atoms with E-state index < -0.39 is 0 Å². The summed E-state index contributed by atoms with van der Waals surface area (Å²) in [6.45, 7) is 2.18. The minimum Gasteiger partial charge on any atom is -0.331 e. The molecular weight excluding hydrogens is 252 g/mol. The van der Waals surface area contributed by atoms with Crippen LogP contribution in [0.15, 0.2) is 47.8 Å². The number of rotatable bonds is 4. The second-order valence-corrected chi connectivity index (χ2v) is 5.40. The van der Waals surface area contributed by atoms with Crippen molar-refractivity contribution < 1.29 is 0 Å². The molecule has 3 rings (SSSR count). The van der Waals surface area contributed by atoms with Crippen LogP contribution in [0.25, 0.3) is 10.8 Å². The molecule has 1 aromatic heterocycles. The third-order valence-electron chi connectivity index (χ3n) is 3.09. The van der Waals surface area contributed by atoms with Crippen molar-refractivity contribution in [2.24, 2.45) is 0 Å². The molecule has 0 aliphatic rings. The Morgan fingerprint density at radius 1 is 1.11 bits per heavy atom. The van der Waals surface area contributed by atoms with Gasteiger partial charge in [0, 0.05) is 16.5 Å². The fourth-order valence-corrected chi connectivity index (χ4v) is 2.94. The van der Waals surface area contributed by atoms with Gasteiger partial charge in [0.1, 0.15) is 0 Å². The topological polar surface area (TPSA) is 24.9 Å². The van der Waals surface area contributed by atoms with Gasteiger partial charge in [0.25, 0.3) is 0 Å². The first-order valence-corrected chi connectivity index (χ1v) is 7.44. The maximum atomic E-state index is 4.61. The largest absolute Gasteiger partial charge is 0.331 e. The molecule has 1 N–H and O–H groups in total. The Morgan fingerprint density at radius 2 is 1.95 bits per heavy atom. The Labute approximate surface area is 117 Å². The van der Waals surface area contributed by atoms with Gasteiger partial charge in [-0.15, -0.1) is 11.3 Å². The van der Waals surface area contributed by atoms with Crippen LogP contribution in [-0.4, -0.2) is 4.98 Å². The van der Waals surface area contributed by atoms with Crippen LogP contribution >= 0.6 is 11.3 Å². The molecule has 0 aliphatic carbocycles. The lowest BCUT2D eigenvalue weighted by Gasteiger charge is -2.06. The van der Waals surface area contributed by atoms with Crippen molar-refractivity contribution in [3.63, 3.8) is 0 Å². The first-order valence-electron chi connectivity index (χ1n) is 6.56. The van der Waals surface area contributed by atoms with Crippen LogP contribution in [0.5, 0.6) is 0 Å². The molecule has 0 fully saturated rings. The number of benzene rings is 2. The van der Waals surface area contributed by atoms with Gasteiger partial charge >= 0.3 is 0 Å². The number of aryl methyl sites for hydroxylation is 1. The minimum atomic E-state index is 0.972. The highest BCUT2D eigenvalue weighted by Crippen LogP contribution is 2.27. The number of hydrogen-bond donors (Lipinski definition) is 1. The van der Waals surface area contributed by atoms with E-state index in [0.29, 0.717) is 0 Å². The molecule has 0 saturated heterocycles. The normalized spacial score (nSPS) is 10.8. The molecule has 0 amide bonds. The van der Waals surface area contributed by atoms with Gasteiger partial charge in [-0.05, 0) is 17.9 Å². The molecule has 2 nitrogen and oxygen atoms in total. The summed E-state index contributed by atoms with van der Waals surface area (Å²) in [7, 11) is 0. The summed E-state index contributed by atoms with van der Waals surface area (Å²) < 4.78 is 0. The molecule has 0 saturated carbocycles. The number of aromatic nitrogens is 1. The molecule has 0 radical (unpaired) electrons. The lowest BCUT2D eigenvalue weighted by molar-refractivity contribution is 0.894. The van der Waals surface area contributed by atoms with Crippen LogP contribution in [0.1, 0.15) is 19.0 Å². The summed E-state index contributed by atoms with van der Waals surface area (Å²) >= 11 is 1.67. The first kappa shape index (κ1) is 12.2. The zero-order chi connectivity index (χ0) is 13.1. The molecule has 1 heterocycles. The van der Waals surface area contributed by atoms with E-state index in [-0.39, 0.29) is 0 Å². The van der Waals surface area contributed by atoms with Crippen molar-refractivity contribution in [2.75, 3.05) is 5.32 Å². The molecule has 0 spiro atoms.